The molecule has 0 spiro atoms. The highest BCUT2D eigenvalue weighted by molar-refractivity contribution is 6.30. The molecule has 1 heteroatoms. The molecule has 0 aromatic heterocycles. The Hall–Kier alpha value is -2.83. The lowest BCUT2D eigenvalue weighted by molar-refractivity contribution is 1.25. The number of rotatable bonds is 4. The van der Waals surface area contributed by atoms with E-state index in [4.69, 9.17) is 11.6 Å². The summed E-state index contributed by atoms with van der Waals surface area (Å²) in [4.78, 5) is 0. The van der Waals surface area contributed by atoms with Crippen molar-refractivity contribution in [2.45, 2.75) is 13.3 Å². The fraction of sp³-hybridized carbons (Fsp3) is 0.0769. The Labute approximate surface area is 166 Å². The summed E-state index contributed by atoms with van der Waals surface area (Å²) < 4.78 is 0. The van der Waals surface area contributed by atoms with Gasteiger partial charge in [-0.15, -0.1) is 0 Å². The van der Waals surface area contributed by atoms with Crippen LogP contribution in [0, 0.1) is 6.92 Å². The van der Waals surface area contributed by atoms with Crippen molar-refractivity contribution in [1.29, 1.82) is 0 Å². The van der Waals surface area contributed by atoms with Crippen molar-refractivity contribution in [3.8, 4) is 0 Å². The molecule has 0 saturated heterocycles. The quantitative estimate of drug-likeness (QED) is 0.450. The average Bonchev–Trinajstić information content (AvgIpc) is 3.05. The monoisotopic (exact) mass is 368 g/mol. The van der Waals surface area contributed by atoms with Gasteiger partial charge in [0.05, 0.1) is 0 Å². The van der Waals surface area contributed by atoms with Gasteiger partial charge >= 0.3 is 0 Å². The predicted octanol–water partition coefficient (Wildman–Crippen LogP) is 7.38. The lowest BCUT2D eigenvalue weighted by Crippen LogP contribution is -1.81. The molecule has 0 saturated carbocycles. The minimum atomic E-state index is 0.763. The van der Waals surface area contributed by atoms with Crippen molar-refractivity contribution in [1.82, 2.24) is 0 Å². The Balaban J connectivity index is 1.68. The predicted molar refractivity (Wildman–Crippen MR) is 118 cm³/mol. The van der Waals surface area contributed by atoms with E-state index in [2.05, 4.69) is 79.8 Å². The largest absolute Gasteiger partial charge is 0.0843 e. The van der Waals surface area contributed by atoms with Crippen molar-refractivity contribution < 1.29 is 0 Å². The molecule has 0 bridgehead atoms. The maximum Gasteiger partial charge on any atom is 0.0406 e. The van der Waals surface area contributed by atoms with Crippen LogP contribution in [0.5, 0.6) is 0 Å². The molecule has 4 rings (SSSR count). The van der Waals surface area contributed by atoms with Crippen molar-refractivity contribution in [2.24, 2.45) is 0 Å². The highest BCUT2D eigenvalue weighted by Crippen LogP contribution is 2.35. The standard InChI is InChI=1S/C26H21Cl/c1-19-6-8-20(9-7-19)10-14-23-18-22-4-2-3-5-25(22)26(23)17-13-21-11-15-24(27)16-12-21/h2-17H,18H2,1H3/b14-10+,17-13+. The second-order valence-corrected chi connectivity index (χ2v) is 7.34. The lowest BCUT2D eigenvalue weighted by Gasteiger charge is -2.02. The molecule has 0 heterocycles. The van der Waals surface area contributed by atoms with Gasteiger partial charge < -0.3 is 0 Å². The molecule has 0 N–H and O–H groups in total. The van der Waals surface area contributed by atoms with Gasteiger partial charge in [-0.25, -0.2) is 0 Å². The fourth-order valence-electron chi connectivity index (χ4n) is 3.38. The first-order valence-corrected chi connectivity index (χ1v) is 9.57. The SMILES string of the molecule is Cc1ccc(/C=C/C2=C(/C=C/c3ccc(Cl)cc3)c3ccccc3C2)cc1. The molecular weight excluding hydrogens is 348 g/mol. The molecule has 3 aromatic rings. The zero-order valence-electron chi connectivity index (χ0n) is 15.3. The molecule has 0 nitrogen and oxygen atoms in total. The highest BCUT2D eigenvalue weighted by atomic mass is 35.5. The lowest BCUT2D eigenvalue weighted by atomic mass is 10.0. The van der Waals surface area contributed by atoms with Crippen molar-refractivity contribution >= 4 is 29.3 Å². The second-order valence-electron chi connectivity index (χ2n) is 6.90. The molecule has 1 aliphatic carbocycles. The van der Waals surface area contributed by atoms with Gasteiger partial charge in [0.15, 0.2) is 0 Å². The molecule has 0 aliphatic heterocycles. The molecule has 0 atom stereocenters. The molecule has 0 radical (unpaired) electrons. The summed E-state index contributed by atoms with van der Waals surface area (Å²) in [6, 6.07) is 25.2. The molecule has 0 unspecified atom stereocenters. The van der Waals surface area contributed by atoms with Gasteiger partial charge in [-0.2, -0.15) is 0 Å². The third-order valence-corrected chi connectivity index (χ3v) is 5.15. The number of fused-ring (bicyclic) bond motifs is 1. The van der Waals surface area contributed by atoms with Crippen molar-refractivity contribution in [3.05, 3.63) is 123 Å². The second kappa shape index (κ2) is 7.82. The third kappa shape index (κ3) is 4.13. The summed E-state index contributed by atoms with van der Waals surface area (Å²) in [5, 5.41) is 0.763. The zero-order chi connectivity index (χ0) is 18.6. The number of halogens is 1. The Morgan fingerprint density at radius 3 is 2.07 bits per heavy atom. The van der Waals surface area contributed by atoms with Crippen LogP contribution in [0.25, 0.3) is 17.7 Å². The van der Waals surface area contributed by atoms with Crippen LogP contribution in [-0.2, 0) is 6.42 Å². The van der Waals surface area contributed by atoms with Crippen LogP contribution in [0.15, 0.2) is 90.5 Å². The first kappa shape index (κ1) is 17.6. The summed E-state index contributed by atoms with van der Waals surface area (Å²) in [6.45, 7) is 2.11. The molecule has 1 aliphatic rings. The maximum absolute atomic E-state index is 6.00. The summed E-state index contributed by atoms with van der Waals surface area (Å²) in [5.41, 5.74) is 9.02. The summed E-state index contributed by atoms with van der Waals surface area (Å²) >= 11 is 6.00. The van der Waals surface area contributed by atoms with E-state index in [0.717, 1.165) is 17.0 Å². The van der Waals surface area contributed by atoms with E-state index in [1.165, 1.54) is 33.4 Å². The molecule has 0 amide bonds. The zero-order valence-corrected chi connectivity index (χ0v) is 16.1. The van der Waals surface area contributed by atoms with Gasteiger partial charge in [0, 0.05) is 5.02 Å². The van der Waals surface area contributed by atoms with E-state index >= 15 is 0 Å². The Bertz CT molecular complexity index is 1030. The van der Waals surface area contributed by atoms with Crippen molar-refractivity contribution in [2.75, 3.05) is 0 Å². The molecule has 0 fully saturated rings. The van der Waals surface area contributed by atoms with Gasteiger partial charge in [-0.3, -0.25) is 0 Å². The van der Waals surface area contributed by atoms with E-state index in [0.29, 0.717) is 0 Å². The van der Waals surface area contributed by atoms with E-state index in [1.54, 1.807) is 0 Å². The maximum atomic E-state index is 6.00. The van der Waals surface area contributed by atoms with E-state index in [1.807, 2.05) is 24.3 Å². The Kier molecular flexibility index (Phi) is 5.09. The average molecular weight is 369 g/mol. The van der Waals surface area contributed by atoms with E-state index in [9.17, 15) is 0 Å². The van der Waals surface area contributed by atoms with Gasteiger partial charge in [0.2, 0.25) is 0 Å². The number of benzene rings is 3. The first-order chi connectivity index (χ1) is 13.2. The van der Waals surface area contributed by atoms with Gasteiger partial charge in [-0.1, -0.05) is 102 Å². The normalized spacial score (nSPS) is 13.7. The number of aryl methyl sites for hydroxylation is 1. The van der Waals surface area contributed by atoms with Gasteiger partial charge in [-0.05, 0) is 58.9 Å². The van der Waals surface area contributed by atoms with Crippen molar-refractivity contribution in [3.63, 3.8) is 0 Å². The topological polar surface area (TPSA) is 0 Å². The minimum Gasteiger partial charge on any atom is -0.0843 e. The third-order valence-electron chi connectivity index (χ3n) is 4.90. The van der Waals surface area contributed by atoms with E-state index < -0.39 is 0 Å². The van der Waals surface area contributed by atoms with Crippen LogP contribution in [0.4, 0.5) is 0 Å². The Morgan fingerprint density at radius 1 is 0.704 bits per heavy atom. The molecule has 3 aromatic carbocycles. The van der Waals surface area contributed by atoms with Crippen LogP contribution < -0.4 is 0 Å². The van der Waals surface area contributed by atoms with Crippen LogP contribution in [0.2, 0.25) is 5.02 Å². The van der Waals surface area contributed by atoms with Crippen LogP contribution in [-0.4, -0.2) is 0 Å². The number of hydrogen-bond donors (Lipinski definition) is 0. The summed E-state index contributed by atoms with van der Waals surface area (Å²) in [7, 11) is 0. The summed E-state index contributed by atoms with van der Waals surface area (Å²) in [6.07, 6.45) is 9.82. The molecule has 27 heavy (non-hydrogen) atoms. The first-order valence-electron chi connectivity index (χ1n) is 9.19. The fourth-order valence-corrected chi connectivity index (χ4v) is 3.51. The smallest absolute Gasteiger partial charge is 0.0406 e. The van der Waals surface area contributed by atoms with Gasteiger partial charge in [0.1, 0.15) is 0 Å². The van der Waals surface area contributed by atoms with Crippen LogP contribution in [0.3, 0.4) is 0 Å². The number of hydrogen-bond acceptors (Lipinski definition) is 0. The van der Waals surface area contributed by atoms with Crippen LogP contribution in [0.1, 0.15) is 27.8 Å². The number of allylic oxidation sites excluding steroid dienone is 4. The Morgan fingerprint density at radius 2 is 1.33 bits per heavy atom. The highest BCUT2D eigenvalue weighted by Gasteiger charge is 2.17. The summed E-state index contributed by atoms with van der Waals surface area (Å²) in [5.74, 6) is 0. The minimum absolute atomic E-state index is 0.763. The van der Waals surface area contributed by atoms with Gasteiger partial charge in [0.25, 0.3) is 0 Å². The van der Waals surface area contributed by atoms with E-state index in [-0.39, 0.29) is 0 Å². The molecule has 132 valence electrons. The van der Waals surface area contributed by atoms with Crippen LogP contribution >= 0.6 is 11.6 Å². The molecular formula is C26H21Cl.